The molecule has 2 atom stereocenters. The number of Topliss-reactive ketones (excluding diaryl/α,β-unsaturated/α-hetero) is 1. The zero-order chi connectivity index (χ0) is 102. The van der Waals surface area contributed by atoms with Crippen LogP contribution in [0.15, 0.2) is 187 Å². The van der Waals surface area contributed by atoms with Gasteiger partial charge in [0.1, 0.15) is 29.9 Å². The number of carboxylic acids is 1. The number of ketones is 1. The van der Waals surface area contributed by atoms with Crippen LogP contribution < -0.4 is 0 Å². The molecule has 0 amide bonds. The van der Waals surface area contributed by atoms with Gasteiger partial charge < -0.3 is 36.8 Å². The quantitative estimate of drug-likeness (QED) is 0.0221. The molecule has 5 aromatic heterocycles. The molecule has 798 valence electrons. The fraction of sp³-hybridized carbons (Fsp3) is 0.703. The Morgan fingerprint density at radius 1 is 0.304 bits per heavy atom. The van der Waals surface area contributed by atoms with Crippen molar-refractivity contribution >= 4 is 29.9 Å². The molecule has 5 heterocycles. The Labute approximate surface area is 857 Å². The summed E-state index contributed by atoms with van der Waals surface area (Å²) in [7, 11) is 0. The van der Waals surface area contributed by atoms with E-state index in [1.807, 2.05) is 64.1 Å². The zero-order valence-corrected chi connectivity index (χ0v) is 92.8. The summed E-state index contributed by atoms with van der Waals surface area (Å²) in [6.07, 6.45) is 111. The predicted molar refractivity (Wildman–Crippen MR) is 607 cm³/mol. The van der Waals surface area contributed by atoms with Crippen molar-refractivity contribution in [3.63, 3.8) is 0 Å². The smallest absolute Gasteiger partial charge is 0.303 e. The molecule has 0 aliphatic heterocycles. The molecule has 138 heavy (non-hydrogen) atoms. The van der Waals surface area contributed by atoms with Crippen LogP contribution in [0.4, 0.5) is 0 Å². The predicted octanol–water partition coefficient (Wildman–Crippen LogP) is 44.9. The highest BCUT2D eigenvalue weighted by Crippen LogP contribution is 2.29. The molecule has 0 saturated heterocycles. The number of carbonyl (C=O) groups excluding carboxylic acids is 3. The molecule has 1 N–H and O–H groups in total. The van der Waals surface area contributed by atoms with E-state index < -0.39 is 5.97 Å². The molecule has 2 aromatic carbocycles. The van der Waals surface area contributed by atoms with Crippen molar-refractivity contribution in [3.8, 4) is 0 Å². The van der Waals surface area contributed by atoms with Gasteiger partial charge in [-0.1, -0.05) is 536 Å². The summed E-state index contributed by atoms with van der Waals surface area (Å²) in [5.74, 6) is 4.56. The van der Waals surface area contributed by atoms with Crippen molar-refractivity contribution in [2.24, 2.45) is 0 Å². The van der Waals surface area contributed by atoms with E-state index in [0.29, 0.717) is 30.9 Å². The number of unbranched alkanes of at least 4 members (excludes halogenated alkanes) is 58. The number of hydrogen-bond donors (Lipinski definition) is 1. The van der Waals surface area contributed by atoms with Crippen molar-refractivity contribution in [1.82, 2.24) is 0 Å². The van der Waals surface area contributed by atoms with Gasteiger partial charge in [-0.15, -0.1) is 0 Å². The van der Waals surface area contributed by atoms with Crippen LogP contribution in [-0.4, -0.2) is 29.4 Å². The Hall–Kier alpha value is -6.94. The number of hydrogen-bond acceptors (Lipinski definition) is 9. The van der Waals surface area contributed by atoms with Crippen LogP contribution in [0, 0.1) is 0 Å². The van der Waals surface area contributed by atoms with E-state index in [9.17, 15) is 14.4 Å². The summed E-state index contributed by atoms with van der Waals surface area (Å²) in [5, 5.41) is 8.41. The summed E-state index contributed by atoms with van der Waals surface area (Å²) in [6, 6.07) is 41.1. The third kappa shape index (κ3) is 102. The first-order valence-electron chi connectivity index (χ1n) is 58.5. The topological polar surface area (TPSA) is 154 Å². The third-order valence-electron chi connectivity index (χ3n) is 25.3. The van der Waals surface area contributed by atoms with Crippen LogP contribution in [-0.2, 0) is 27.2 Å². The van der Waals surface area contributed by atoms with Crippen molar-refractivity contribution in [2.45, 2.75) is 584 Å². The van der Waals surface area contributed by atoms with Gasteiger partial charge >= 0.3 is 5.97 Å². The highest BCUT2D eigenvalue weighted by Gasteiger charge is 2.13. The fourth-order valence-electron chi connectivity index (χ4n) is 16.9. The largest absolute Gasteiger partial charge is 0.481 e. The van der Waals surface area contributed by atoms with Gasteiger partial charge in [0.15, 0.2) is 11.5 Å². The maximum atomic E-state index is 11.6. The number of benzene rings is 2. The second-order valence-electron chi connectivity index (χ2n) is 37.6. The van der Waals surface area contributed by atoms with Crippen molar-refractivity contribution in [2.75, 3.05) is 0 Å². The number of rotatable bonds is 79. The highest BCUT2D eigenvalue weighted by atomic mass is 16.4. The van der Waals surface area contributed by atoms with Gasteiger partial charge in [0.25, 0.3) is 0 Å². The third-order valence-corrected chi connectivity index (χ3v) is 25.3. The van der Waals surface area contributed by atoms with E-state index >= 15 is 0 Å². The summed E-state index contributed by atoms with van der Waals surface area (Å²) in [5.41, 5.74) is 4.06. The highest BCUT2D eigenvalue weighted by molar-refractivity contribution is 5.93. The molecule has 0 fully saturated rings. The molecule has 0 bridgehead atoms. The van der Waals surface area contributed by atoms with Crippen molar-refractivity contribution < 1.29 is 49.2 Å². The molecule has 0 spiro atoms. The van der Waals surface area contributed by atoms with Crippen LogP contribution in [0.3, 0.4) is 0 Å². The average Bonchev–Trinajstić information content (AvgIpc) is 1.66. The Morgan fingerprint density at radius 3 is 0.942 bits per heavy atom. The second kappa shape index (κ2) is 121. The molecule has 0 saturated carbocycles. The maximum absolute atomic E-state index is 11.6. The Balaban J connectivity index is -0.000000366. The fourth-order valence-corrected chi connectivity index (χ4v) is 16.9. The normalized spacial score (nSPS) is 10.9. The molecule has 0 aliphatic carbocycles. The van der Waals surface area contributed by atoms with Gasteiger partial charge in [-0.2, -0.15) is 0 Å². The Bertz CT molecular complexity index is 3290. The number of carbonyl (C=O) groups is 4. The van der Waals surface area contributed by atoms with Crippen LogP contribution in [0.25, 0.3) is 5.57 Å². The zero-order valence-electron chi connectivity index (χ0n) is 92.8. The average molecular weight is 1930 g/mol. The van der Waals surface area contributed by atoms with Crippen LogP contribution in [0.5, 0.6) is 0 Å². The Morgan fingerprint density at radius 2 is 0.616 bits per heavy atom. The Kier molecular flexibility index (Phi) is 120. The number of aryl methyl sites for hydroxylation is 2. The van der Waals surface area contributed by atoms with Gasteiger partial charge in [-0.25, -0.2) is 0 Å². The molecule has 10 heteroatoms. The first kappa shape index (κ1) is 137. The number of aldehydes is 2. The van der Waals surface area contributed by atoms with Crippen LogP contribution in [0.2, 0.25) is 0 Å². The summed E-state index contributed by atoms with van der Waals surface area (Å²) in [6.45, 7) is 29.9. The van der Waals surface area contributed by atoms with Gasteiger partial charge in [0, 0.05) is 34.5 Å². The standard InChI is InChI=1S/C20H34.C18H28O2.C18H32O.C18H30.C16H26O2.C16H28O.C12H24O2.C4H4O.C2H4O.2C2H6.2H2/c1-3-5-6-7-8-9-10-11-13-16-19(4-2)20-17-14-12-15-18-20;1-2-3-4-5-6-7-8-9-10-12-17(14-15-19)18-13-11-16-20-18;1-3-5-6-7-8-9-10-11-12-14-17(4-2)18-15-13-16-19-18;1-2-3-4-5-6-7-8-9-10-12-15-18-16-13-11-14-17-18;1-2-3-4-5-6-7-8-9-10-12-15(17)16-13-11-14-18-16;1-2-3-4-5-6-7-8-9-10-11-13-16-14-12-15-17-16;1-2-3-4-5-6-7-8-9-10-11-12(13)14;1-2-4-5-3-1;1-2-3;2*1-2;;/h12,14-15,17-19H,3-11,13,16H2,1-2H3;11-13,15-16H,2-10,14H2,1H3;13,15-17H,3-12,14H2,1-2H3;11,13-14,16-17H,2-10,12,15H2,1H3;11,13-14H,2-10,12H2,1H3;12,14-15H,2-11,13H2,1H3;2-11H2,1H3,(H,13,14);1-4H;2H,1H3;2*1-2H3;2*1H/b;17-12+;;;;;;;;;;;. The number of aliphatic carboxylic acids is 1. The molecule has 2 unspecified atom stereocenters. The van der Waals surface area contributed by atoms with E-state index in [-0.39, 0.29) is 8.64 Å². The molecule has 7 aromatic rings. The lowest BCUT2D eigenvalue weighted by Crippen LogP contribution is -1.97. The second-order valence-corrected chi connectivity index (χ2v) is 37.6. The minimum Gasteiger partial charge on any atom is -0.481 e. The number of carboxylic acid groups (broad SMARTS) is 1. The van der Waals surface area contributed by atoms with Crippen LogP contribution >= 0.6 is 0 Å². The lowest BCUT2D eigenvalue weighted by Gasteiger charge is -2.15. The van der Waals surface area contributed by atoms with E-state index in [1.54, 1.807) is 49.7 Å². The molecule has 7 rings (SSSR count). The molecule has 0 radical (unpaired) electrons. The lowest BCUT2D eigenvalue weighted by molar-refractivity contribution is -0.137. The molecule has 0 aliphatic rings. The summed E-state index contributed by atoms with van der Waals surface area (Å²) < 4.78 is 25.9. The number of allylic oxidation sites excluding steroid dienone is 2. The summed E-state index contributed by atoms with van der Waals surface area (Å²) >= 11 is 0. The maximum Gasteiger partial charge on any atom is 0.303 e. The number of furan rings is 5. The van der Waals surface area contributed by atoms with Crippen molar-refractivity contribution in [3.05, 3.63) is 199 Å². The first-order chi connectivity index (χ1) is 68.0. The molecule has 10 nitrogen and oxygen atoms in total. The van der Waals surface area contributed by atoms with E-state index in [1.165, 1.54) is 448 Å². The van der Waals surface area contributed by atoms with E-state index in [0.717, 1.165) is 67.7 Å². The van der Waals surface area contributed by atoms with Gasteiger partial charge in [-0.3, -0.25) is 9.59 Å². The lowest BCUT2D eigenvalue weighted by atomic mass is 9.91. The van der Waals surface area contributed by atoms with E-state index in [4.69, 9.17) is 27.6 Å². The monoisotopic (exact) mass is 1920 g/mol. The van der Waals surface area contributed by atoms with Crippen molar-refractivity contribution in [1.29, 1.82) is 0 Å². The SMILES string of the molecule is CC.CC.CC=O.CCCCCCCCCC/C=C(\CC=O)c1ccco1.CCCCCCCCCCCC(=O)O.CCCCCCCCCCCC(=O)c1ccco1.CCCCCCCCCCCC(CC)c1ccccc1.CCCCCCCCCCCC(CC)c1ccco1.CCCCCCCCCCCCc1ccccc1.CCCCCCCCCCCCc1ccco1.[HH].[HH].c1ccoc1. The molecular weight excluding hydrogens is 1700 g/mol. The van der Waals surface area contributed by atoms with Gasteiger partial charge in [0.2, 0.25) is 0 Å². The summed E-state index contributed by atoms with van der Waals surface area (Å²) in [4.78, 5) is 41.3. The van der Waals surface area contributed by atoms with E-state index in [2.05, 4.69) is 146 Å². The molecular formula is C128H226O10. The van der Waals surface area contributed by atoms with Gasteiger partial charge in [-0.05, 0) is 161 Å². The first-order valence-corrected chi connectivity index (χ1v) is 58.5. The minimum atomic E-state index is -0.659. The minimum absolute atomic E-state index is 0. The van der Waals surface area contributed by atoms with Crippen LogP contribution in [0.1, 0.15) is 613 Å². The van der Waals surface area contributed by atoms with Gasteiger partial charge in [0.05, 0.1) is 37.6 Å².